The number of rotatable bonds is 3. The number of hydrogen-bond donors (Lipinski definition) is 1. The first kappa shape index (κ1) is 11.4. The Morgan fingerprint density at radius 1 is 1.47 bits per heavy atom. The second kappa shape index (κ2) is 4.04. The van der Waals surface area contributed by atoms with E-state index < -0.39 is 0 Å². The molecule has 1 aliphatic heterocycles. The van der Waals surface area contributed by atoms with Crippen molar-refractivity contribution in [1.82, 2.24) is 4.90 Å². The van der Waals surface area contributed by atoms with Crippen molar-refractivity contribution in [3.05, 3.63) is 0 Å². The highest BCUT2D eigenvalue weighted by Gasteiger charge is 2.51. The molecule has 2 fully saturated rings. The monoisotopic (exact) mass is 213 g/mol. The molecule has 1 saturated heterocycles. The quantitative estimate of drug-likeness (QED) is 0.762. The van der Waals surface area contributed by atoms with Gasteiger partial charge in [0.1, 0.15) is 0 Å². The lowest BCUT2D eigenvalue weighted by atomic mass is 9.64. The van der Waals surface area contributed by atoms with Crippen LogP contribution in [-0.2, 0) is 4.74 Å². The highest BCUT2D eigenvalue weighted by atomic mass is 16.5. The third kappa shape index (κ3) is 1.81. The molecule has 88 valence electrons. The van der Waals surface area contributed by atoms with E-state index in [1.54, 1.807) is 0 Å². The van der Waals surface area contributed by atoms with Crippen LogP contribution in [0.3, 0.4) is 0 Å². The Hall–Kier alpha value is -0.120. The summed E-state index contributed by atoms with van der Waals surface area (Å²) in [6.07, 6.45) is 2.72. The fourth-order valence-corrected chi connectivity index (χ4v) is 3.18. The van der Waals surface area contributed by atoms with Crippen LogP contribution in [0.25, 0.3) is 0 Å². The van der Waals surface area contributed by atoms with Gasteiger partial charge in [-0.3, -0.25) is 4.90 Å². The van der Waals surface area contributed by atoms with Gasteiger partial charge < -0.3 is 9.84 Å². The molecule has 3 heteroatoms. The van der Waals surface area contributed by atoms with Gasteiger partial charge in [-0.15, -0.1) is 0 Å². The molecule has 0 spiro atoms. The molecule has 0 aromatic heterocycles. The van der Waals surface area contributed by atoms with Crippen LogP contribution in [0.2, 0.25) is 0 Å². The molecular formula is C12H23NO2. The Balaban J connectivity index is 1.92. The Morgan fingerprint density at radius 3 is 2.67 bits per heavy atom. The van der Waals surface area contributed by atoms with Crippen molar-refractivity contribution in [2.24, 2.45) is 11.3 Å². The summed E-state index contributed by atoms with van der Waals surface area (Å²) in [5.41, 5.74) is 0.277. The molecule has 1 aliphatic carbocycles. The van der Waals surface area contributed by atoms with E-state index in [1.807, 2.05) is 7.11 Å². The van der Waals surface area contributed by atoms with E-state index in [9.17, 15) is 0 Å². The van der Waals surface area contributed by atoms with Crippen molar-refractivity contribution >= 4 is 0 Å². The first-order valence-corrected chi connectivity index (χ1v) is 5.97. The lowest BCUT2D eigenvalue weighted by molar-refractivity contribution is -0.134. The Kier molecular flexibility index (Phi) is 3.06. The van der Waals surface area contributed by atoms with Crippen LogP contribution in [-0.4, -0.2) is 49.0 Å². The van der Waals surface area contributed by atoms with Crippen molar-refractivity contribution < 1.29 is 9.84 Å². The fourth-order valence-electron chi connectivity index (χ4n) is 3.18. The van der Waals surface area contributed by atoms with Gasteiger partial charge in [-0.2, -0.15) is 0 Å². The summed E-state index contributed by atoms with van der Waals surface area (Å²) >= 11 is 0. The summed E-state index contributed by atoms with van der Waals surface area (Å²) in [6.45, 7) is 7.15. The normalized spacial score (nSPS) is 40.4. The van der Waals surface area contributed by atoms with Gasteiger partial charge in [0.05, 0.1) is 6.10 Å². The number of methoxy groups -OCH3 is 1. The van der Waals surface area contributed by atoms with E-state index in [4.69, 9.17) is 9.84 Å². The van der Waals surface area contributed by atoms with Crippen molar-refractivity contribution in [3.63, 3.8) is 0 Å². The van der Waals surface area contributed by atoms with Gasteiger partial charge in [0.15, 0.2) is 0 Å². The SMILES string of the molecule is COC1CC(N2CCC(CO)C2)C1(C)C. The zero-order valence-electron chi connectivity index (χ0n) is 10.1. The summed E-state index contributed by atoms with van der Waals surface area (Å²) in [5, 5.41) is 9.13. The number of aliphatic hydroxyl groups excluding tert-OH is 1. The average Bonchev–Trinajstić information content (AvgIpc) is 2.65. The molecule has 3 atom stereocenters. The Labute approximate surface area is 92.4 Å². The standard InChI is InChI=1S/C12H23NO2/c1-12(2)10(6-11(12)15-3)13-5-4-9(7-13)8-14/h9-11,14H,4-8H2,1-3H3. The molecule has 1 N–H and O–H groups in total. The summed E-state index contributed by atoms with van der Waals surface area (Å²) in [5.74, 6) is 0.502. The first-order valence-electron chi connectivity index (χ1n) is 5.97. The lowest BCUT2D eigenvalue weighted by Crippen LogP contribution is -2.61. The zero-order valence-corrected chi connectivity index (χ0v) is 10.1. The highest BCUT2D eigenvalue weighted by Crippen LogP contribution is 2.46. The fraction of sp³-hybridized carbons (Fsp3) is 1.00. The predicted molar refractivity (Wildman–Crippen MR) is 59.7 cm³/mol. The number of aliphatic hydroxyl groups is 1. The van der Waals surface area contributed by atoms with Gasteiger partial charge >= 0.3 is 0 Å². The number of nitrogens with zero attached hydrogens (tertiary/aromatic N) is 1. The minimum absolute atomic E-state index is 0.277. The second-order valence-corrected chi connectivity index (χ2v) is 5.63. The van der Waals surface area contributed by atoms with E-state index in [2.05, 4.69) is 18.7 Å². The zero-order chi connectivity index (χ0) is 11.1. The Bertz CT molecular complexity index is 230. The molecule has 1 heterocycles. The number of hydrogen-bond acceptors (Lipinski definition) is 3. The maximum absolute atomic E-state index is 9.13. The van der Waals surface area contributed by atoms with Crippen LogP contribution in [0.1, 0.15) is 26.7 Å². The highest BCUT2D eigenvalue weighted by molar-refractivity contribution is 5.04. The van der Waals surface area contributed by atoms with E-state index in [0.29, 0.717) is 24.7 Å². The number of likely N-dealkylation sites (tertiary alicyclic amines) is 1. The largest absolute Gasteiger partial charge is 0.396 e. The molecule has 0 aromatic rings. The molecule has 3 nitrogen and oxygen atoms in total. The summed E-state index contributed by atoms with van der Waals surface area (Å²) in [6, 6.07) is 0.652. The van der Waals surface area contributed by atoms with E-state index >= 15 is 0 Å². The molecule has 0 radical (unpaired) electrons. The minimum Gasteiger partial charge on any atom is -0.396 e. The van der Waals surface area contributed by atoms with Crippen LogP contribution in [0, 0.1) is 11.3 Å². The first-order chi connectivity index (χ1) is 7.09. The molecule has 2 rings (SSSR count). The molecular weight excluding hydrogens is 190 g/mol. The third-order valence-corrected chi connectivity index (χ3v) is 4.43. The summed E-state index contributed by atoms with van der Waals surface area (Å²) in [4.78, 5) is 2.54. The van der Waals surface area contributed by atoms with E-state index in [0.717, 1.165) is 25.9 Å². The van der Waals surface area contributed by atoms with Crippen LogP contribution in [0.15, 0.2) is 0 Å². The number of ether oxygens (including phenoxy) is 1. The maximum atomic E-state index is 9.13. The minimum atomic E-state index is 0.277. The van der Waals surface area contributed by atoms with E-state index in [-0.39, 0.29) is 5.41 Å². The predicted octanol–water partition coefficient (Wildman–Crippen LogP) is 1.11. The van der Waals surface area contributed by atoms with Crippen LogP contribution < -0.4 is 0 Å². The lowest BCUT2D eigenvalue weighted by Gasteiger charge is -2.54. The molecule has 0 bridgehead atoms. The van der Waals surface area contributed by atoms with Gasteiger partial charge in [0, 0.05) is 31.7 Å². The second-order valence-electron chi connectivity index (χ2n) is 5.63. The van der Waals surface area contributed by atoms with Gasteiger partial charge in [-0.25, -0.2) is 0 Å². The average molecular weight is 213 g/mol. The van der Waals surface area contributed by atoms with Gasteiger partial charge in [0.25, 0.3) is 0 Å². The summed E-state index contributed by atoms with van der Waals surface area (Å²) in [7, 11) is 1.81. The topological polar surface area (TPSA) is 32.7 Å². The molecule has 0 aromatic carbocycles. The smallest absolute Gasteiger partial charge is 0.0652 e. The van der Waals surface area contributed by atoms with Crippen LogP contribution in [0.5, 0.6) is 0 Å². The molecule has 0 amide bonds. The van der Waals surface area contributed by atoms with Gasteiger partial charge in [0.2, 0.25) is 0 Å². The van der Waals surface area contributed by atoms with Crippen molar-refractivity contribution in [1.29, 1.82) is 0 Å². The summed E-state index contributed by atoms with van der Waals surface area (Å²) < 4.78 is 5.47. The molecule has 3 unspecified atom stereocenters. The molecule has 1 saturated carbocycles. The van der Waals surface area contributed by atoms with Crippen LogP contribution >= 0.6 is 0 Å². The van der Waals surface area contributed by atoms with Crippen LogP contribution in [0.4, 0.5) is 0 Å². The van der Waals surface area contributed by atoms with Crippen molar-refractivity contribution in [3.8, 4) is 0 Å². The van der Waals surface area contributed by atoms with Crippen molar-refractivity contribution in [2.75, 3.05) is 26.8 Å². The molecule has 15 heavy (non-hydrogen) atoms. The Morgan fingerprint density at radius 2 is 2.20 bits per heavy atom. The molecule has 2 aliphatic rings. The van der Waals surface area contributed by atoms with E-state index in [1.165, 1.54) is 0 Å². The van der Waals surface area contributed by atoms with Crippen molar-refractivity contribution in [2.45, 2.75) is 38.8 Å². The van der Waals surface area contributed by atoms with Gasteiger partial charge in [-0.1, -0.05) is 13.8 Å². The maximum Gasteiger partial charge on any atom is 0.0652 e. The third-order valence-electron chi connectivity index (χ3n) is 4.43. The van der Waals surface area contributed by atoms with Gasteiger partial charge in [-0.05, 0) is 25.3 Å².